The van der Waals surface area contributed by atoms with Gasteiger partial charge in [-0.3, -0.25) is 4.79 Å². The molecular formula is C36H32O7. The summed E-state index contributed by atoms with van der Waals surface area (Å²) in [4.78, 5) is 13.4. The molecule has 7 heteroatoms. The Balaban J connectivity index is 1.19. The molecule has 2 aliphatic heterocycles. The fourth-order valence-corrected chi connectivity index (χ4v) is 5.77. The molecule has 1 saturated heterocycles. The van der Waals surface area contributed by atoms with E-state index in [9.17, 15) is 9.90 Å². The van der Waals surface area contributed by atoms with Gasteiger partial charge in [0.05, 0.1) is 12.0 Å². The van der Waals surface area contributed by atoms with Crippen LogP contribution in [0, 0.1) is 0 Å². The molecule has 1 N–H and O–H groups in total. The Morgan fingerprint density at radius 3 is 2.23 bits per heavy atom. The van der Waals surface area contributed by atoms with Gasteiger partial charge in [-0.1, -0.05) is 84.9 Å². The summed E-state index contributed by atoms with van der Waals surface area (Å²) >= 11 is 0. The van der Waals surface area contributed by atoms with Crippen LogP contribution < -0.4 is 14.9 Å². The van der Waals surface area contributed by atoms with E-state index in [1.807, 2.05) is 84.9 Å². The smallest absolute Gasteiger partial charge is 0.305 e. The molecule has 7 nitrogen and oxygen atoms in total. The summed E-state index contributed by atoms with van der Waals surface area (Å²) < 4.78 is 30.9. The summed E-state index contributed by atoms with van der Waals surface area (Å²) in [6, 6.07) is 30.2. The standard InChI is InChI=1S/C36H32O7/c37-31-28-20-21-29-35(43-36(42-29,26-11-3-1-4-12-26)27-13-5-2-6-14-27)34(28)41-33(32(31)38)25-18-16-24(17-19-25)10-9-23-40-30-15-7-8-22-39-30/h1-6,11-14,16-21,30,38H,7-10,15,22-23H2. The van der Waals surface area contributed by atoms with E-state index in [0.29, 0.717) is 23.7 Å². The second-order valence-corrected chi connectivity index (χ2v) is 10.9. The Morgan fingerprint density at radius 2 is 1.56 bits per heavy atom. The van der Waals surface area contributed by atoms with E-state index in [4.69, 9.17) is 23.4 Å². The van der Waals surface area contributed by atoms with Crippen LogP contribution in [-0.2, 0) is 21.7 Å². The minimum absolute atomic E-state index is 0.0794. The van der Waals surface area contributed by atoms with Crippen molar-refractivity contribution in [1.82, 2.24) is 0 Å². The molecule has 2 aliphatic rings. The van der Waals surface area contributed by atoms with Crippen molar-refractivity contribution in [3.8, 4) is 28.6 Å². The van der Waals surface area contributed by atoms with Crippen LogP contribution in [0.4, 0.5) is 0 Å². The van der Waals surface area contributed by atoms with E-state index in [1.54, 1.807) is 12.1 Å². The van der Waals surface area contributed by atoms with Crippen LogP contribution in [0.2, 0.25) is 0 Å². The van der Waals surface area contributed by atoms with Crippen LogP contribution >= 0.6 is 0 Å². The van der Waals surface area contributed by atoms with E-state index < -0.39 is 17.0 Å². The van der Waals surface area contributed by atoms with Crippen molar-refractivity contribution in [3.63, 3.8) is 0 Å². The summed E-state index contributed by atoms with van der Waals surface area (Å²) in [6.07, 6.45) is 4.81. The fourth-order valence-electron chi connectivity index (χ4n) is 5.77. The topological polar surface area (TPSA) is 87.4 Å². The third-order valence-electron chi connectivity index (χ3n) is 8.03. The molecule has 218 valence electrons. The van der Waals surface area contributed by atoms with Crippen LogP contribution in [-0.4, -0.2) is 24.6 Å². The molecular weight excluding hydrogens is 544 g/mol. The number of aromatic hydroxyl groups is 1. The molecule has 3 heterocycles. The average molecular weight is 577 g/mol. The van der Waals surface area contributed by atoms with Gasteiger partial charge >= 0.3 is 5.79 Å². The highest BCUT2D eigenvalue weighted by Gasteiger charge is 2.46. The Hall–Kier alpha value is -4.59. The molecule has 0 radical (unpaired) electrons. The Morgan fingerprint density at radius 1 is 0.837 bits per heavy atom. The number of hydrogen-bond acceptors (Lipinski definition) is 7. The summed E-state index contributed by atoms with van der Waals surface area (Å²) in [5, 5.41) is 11.1. The zero-order valence-corrected chi connectivity index (χ0v) is 23.7. The van der Waals surface area contributed by atoms with Crippen molar-refractivity contribution < 1.29 is 28.5 Å². The predicted octanol–water partition coefficient (Wildman–Crippen LogP) is 7.31. The van der Waals surface area contributed by atoms with Crippen LogP contribution in [0.3, 0.4) is 0 Å². The van der Waals surface area contributed by atoms with Gasteiger partial charge in [0, 0.05) is 23.3 Å². The fraction of sp³-hybridized carbons (Fsp3) is 0.250. The lowest BCUT2D eigenvalue weighted by Gasteiger charge is -2.28. The molecule has 7 rings (SSSR count). The van der Waals surface area contributed by atoms with Crippen molar-refractivity contribution in [3.05, 3.63) is 124 Å². The number of rotatable bonds is 8. The van der Waals surface area contributed by atoms with Gasteiger partial charge in [-0.25, -0.2) is 0 Å². The minimum Gasteiger partial charge on any atom is -0.502 e. The second kappa shape index (κ2) is 11.6. The van der Waals surface area contributed by atoms with Crippen molar-refractivity contribution in [2.75, 3.05) is 13.2 Å². The third kappa shape index (κ3) is 5.15. The first-order valence-electron chi connectivity index (χ1n) is 14.8. The third-order valence-corrected chi connectivity index (χ3v) is 8.03. The van der Waals surface area contributed by atoms with E-state index in [2.05, 4.69) is 0 Å². The molecule has 0 spiro atoms. The highest BCUT2D eigenvalue weighted by molar-refractivity contribution is 5.89. The van der Waals surface area contributed by atoms with Gasteiger partial charge < -0.3 is 28.5 Å². The molecule has 5 aromatic rings. The molecule has 1 atom stereocenters. The Bertz CT molecular complexity index is 1730. The van der Waals surface area contributed by atoms with E-state index in [-0.39, 0.29) is 23.0 Å². The van der Waals surface area contributed by atoms with Gasteiger partial charge in [-0.2, -0.15) is 0 Å². The summed E-state index contributed by atoms with van der Waals surface area (Å²) in [5.41, 5.74) is 2.97. The number of ether oxygens (including phenoxy) is 4. The number of benzene rings is 4. The van der Waals surface area contributed by atoms with Gasteiger partial charge in [0.25, 0.3) is 0 Å². The van der Waals surface area contributed by atoms with Crippen molar-refractivity contribution >= 4 is 11.0 Å². The molecule has 4 aromatic carbocycles. The summed E-state index contributed by atoms with van der Waals surface area (Å²) in [5.74, 6) is -0.893. The molecule has 43 heavy (non-hydrogen) atoms. The van der Waals surface area contributed by atoms with Crippen LogP contribution in [0.15, 0.2) is 106 Å². The monoisotopic (exact) mass is 576 g/mol. The summed E-state index contributed by atoms with van der Waals surface area (Å²) in [6.45, 7) is 1.40. The molecule has 1 aromatic heterocycles. The van der Waals surface area contributed by atoms with Gasteiger partial charge in [-0.15, -0.1) is 0 Å². The molecule has 0 aliphatic carbocycles. The number of fused-ring (bicyclic) bond motifs is 3. The lowest BCUT2D eigenvalue weighted by atomic mass is 9.97. The zero-order valence-electron chi connectivity index (χ0n) is 23.7. The first-order chi connectivity index (χ1) is 21.1. The van der Waals surface area contributed by atoms with Crippen molar-refractivity contribution in [2.24, 2.45) is 0 Å². The maximum absolute atomic E-state index is 13.4. The number of aryl methyl sites for hydroxylation is 1. The summed E-state index contributed by atoms with van der Waals surface area (Å²) in [7, 11) is 0. The van der Waals surface area contributed by atoms with Crippen LogP contribution in [0.5, 0.6) is 17.2 Å². The molecule has 0 bridgehead atoms. The lowest BCUT2D eigenvalue weighted by Crippen LogP contribution is -2.36. The highest BCUT2D eigenvalue weighted by Crippen LogP contribution is 2.51. The quantitative estimate of drug-likeness (QED) is 0.194. The Labute approximate surface area is 249 Å². The predicted molar refractivity (Wildman–Crippen MR) is 162 cm³/mol. The van der Waals surface area contributed by atoms with E-state index in [0.717, 1.165) is 55.4 Å². The van der Waals surface area contributed by atoms with E-state index in [1.165, 1.54) is 0 Å². The first-order valence-corrected chi connectivity index (χ1v) is 14.8. The maximum atomic E-state index is 13.4. The second-order valence-electron chi connectivity index (χ2n) is 10.9. The van der Waals surface area contributed by atoms with Crippen LogP contribution in [0.1, 0.15) is 42.4 Å². The average Bonchev–Trinajstić information content (AvgIpc) is 3.48. The van der Waals surface area contributed by atoms with Crippen LogP contribution in [0.25, 0.3) is 22.3 Å². The van der Waals surface area contributed by atoms with Gasteiger partial charge in [0.15, 0.2) is 23.4 Å². The largest absolute Gasteiger partial charge is 0.502 e. The SMILES string of the molecule is O=c1c(O)c(-c2ccc(CCCOC3CCCCO3)cc2)oc2c3c(ccc12)OC(c1ccccc1)(c1ccccc1)O3. The zero-order chi connectivity index (χ0) is 29.2. The number of hydrogen-bond donors (Lipinski definition) is 1. The Kier molecular flexibility index (Phi) is 7.35. The first kappa shape index (κ1) is 27.3. The van der Waals surface area contributed by atoms with Crippen molar-refractivity contribution in [1.29, 1.82) is 0 Å². The van der Waals surface area contributed by atoms with Gasteiger partial charge in [-0.05, 0) is 49.8 Å². The van der Waals surface area contributed by atoms with Gasteiger partial charge in [0.2, 0.25) is 16.9 Å². The lowest BCUT2D eigenvalue weighted by molar-refractivity contribution is -0.162. The van der Waals surface area contributed by atoms with E-state index >= 15 is 0 Å². The molecule has 1 fully saturated rings. The molecule has 0 amide bonds. The normalized spacial score (nSPS) is 17.3. The molecule has 1 unspecified atom stereocenters. The maximum Gasteiger partial charge on any atom is 0.305 e. The highest BCUT2D eigenvalue weighted by atomic mass is 16.7. The van der Waals surface area contributed by atoms with Crippen molar-refractivity contribution in [2.45, 2.75) is 44.2 Å². The minimum atomic E-state index is -1.27. The van der Waals surface area contributed by atoms with Gasteiger partial charge in [0.1, 0.15) is 0 Å². The molecule has 0 saturated carbocycles.